The van der Waals surface area contributed by atoms with Crippen LogP contribution in [0.4, 0.5) is 68.2 Å². The van der Waals surface area contributed by atoms with Gasteiger partial charge in [-0.2, -0.15) is 0 Å². The maximum atomic E-state index is 6.16. The average Bonchev–Trinajstić information content (AvgIpc) is 3.19. The van der Waals surface area contributed by atoms with Gasteiger partial charge in [0.15, 0.2) is 0 Å². The third-order valence-electron chi connectivity index (χ3n) is 9.22. The van der Waals surface area contributed by atoms with Gasteiger partial charge < -0.3 is 29.1 Å². The second-order valence-electron chi connectivity index (χ2n) is 11.9. The molecule has 0 radical (unpaired) electrons. The van der Waals surface area contributed by atoms with Crippen LogP contribution in [-0.4, -0.2) is 24.2 Å². The first kappa shape index (κ1) is 29.3. The lowest BCUT2D eigenvalue weighted by Crippen LogP contribution is -2.26. The highest BCUT2D eigenvalue weighted by molar-refractivity contribution is 6.05. The zero-order chi connectivity index (χ0) is 33.6. The Morgan fingerprint density at radius 2 is 0.680 bits per heavy atom. The maximum Gasteiger partial charge on any atom is 0.146 e. The molecule has 9 rings (SSSR count). The van der Waals surface area contributed by atoms with Crippen molar-refractivity contribution in [3.63, 3.8) is 0 Å². The number of para-hydroxylation sites is 8. The highest BCUT2D eigenvalue weighted by atomic mass is 16.5. The maximum absolute atomic E-state index is 6.16. The van der Waals surface area contributed by atoms with Gasteiger partial charge in [0.25, 0.3) is 0 Å². The molecule has 0 aliphatic carbocycles. The lowest BCUT2D eigenvalue weighted by Gasteiger charge is -2.42. The molecule has 2 aliphatic heterocycles. The molecule has 0 spiro atoms. The number of aromatic nitrogens is 2. The topological polar surface area (TPSA) is 57.2 Å². The molecule has 8 nitrogen and oxygen atoms in total. The van der Waals surface area contributed by atoms with Gasteiger partial charge in [-0.3, -0.25) is 9.97 Å². The van der Waals surface area contributed by atoms with E-state index in [0.29, 0.717) is 11.5 Å². The molecule has 4 heterocycles. The molecule has 0 saturated heterocycles. The van der Waals surface area contributed by atoms with Crippen LogP contribution in [-0.2, 0) is 0 Å². The summed E-state index contributed by atoms with van der Waals surface area (Å²) in [6, 6.07) is 46.0. The molecule has 0 amide bonds. The average molecular weight is 653 g/mol. The molecule has 2 aliphatic rings. The van der Waals surface area contributed by atoms with Gasteiger partial charge in [0, 0.05) is 18.5 Å². The second-order valence-corrected chi connectivity index (χ2v) is 11.9. The van der Waals surface area contributed by atoms with Gasteiger partial charge in [-0.05, 0) is 78.9 Å². The van der Waals surface area contributed by atoms with Crippen molar-refractivity contribution in [1.82, 2.24) is 9.97 Å². The van der Waals surface area contributed by atoms with Gasteiger partial charge in [-0.15, -0.1) is 0 Å². The van der Waals surface area contributed by atoms with Crippen LogP contribution in [0.3, 0.4) is 0 Å². The number of rotatable bonds is 6. The van der Waals surface area contributed by atoms with Crippen molar-refractivity contribution in [2.45, 2.75) is 0 Å². The Kier molecular flexibility index (Phi) is 7.05. The van der Waals surface area contributed by atoms with Crippen LogP contribution in [0.2, 0.25) is 0 Å². The molecule has 8 heteroatoms. The molecule has 0 bridgehead atoms. The fraction of sp³-hybridized carbons (Fsp3) is 0.0476. The molecule has 0 fully saturated rings. The van der Waals surface area contributed by atoms with E-state index in [1.165, 1.54) is 0 Å². The zero-order valence-electron chi connectivity index (χ0n) is 27.5. The van der Waals surface area contributed by atoms with Crippen molar-refractivity contribution in [2.75, 3.05) is 33.8 Å². The predicted molar refractivity (Wildman–Crippen MR) is 201 cm³/mol. The molecule has 242 valence electrons. The SMILES string of the molecule is COc1cc(OC)c(N2c3ccccc3N(c3cccnc3)c3ccccc32)cc1N1c2ccccc2N(c2cccnc2)c2ccccc21. The minimum absolute atomic E-state index is 0.681. The third kappa shape index (κ3) is 4.53. The van der Waals surface area contributed by atoms with E-state index in [1.54, 1.807) is 26.6 Å². The summed E-state index contributed by atoms with van der Waals surface area (Å²) in [5.74, 6) is 1.36. The Morgan fingerprint density at radius 1 is 0.360 bits per heavy atom. The van der Waals surface area contributed by atoms with Crippen molar-refractivity contribution in [3.05, 3.63) is 158 Å². The van der Waals surface area contributed by atoms with Crippen molar-refractivity contribution >= 4 is 68.2 Å². The van der Waals surface area contributed by atoms with Crippen molar-refractivity contribution in [3.8, 4) is 11.5 Å². The third-order valence-corrected chi connectivity index (χ3v) is 9.22. The van der Waals surface area contributed by atoms with Crippen LogP contribution in [0.1, 0.15) is 0 Å². The Hall–Kier alpha value is -6.80. The number of hydrogen-bond acceptors (Lipinski definition) is 8. The van der Waals surface area contributed by atoms with Gasteiger partial charge in [0.05, 0.1) is 94.9 Å². The van der Waals surface area contributed by atoms with Crippen LogP contribution < -0.4 is 29.1 Å². The Labute approximate surface area is 290 Å². The summed E-state index contributed by atoms with van der Waals surface area (Å²) >= 11 is 0. The number of ether oxygens (including phenoxy) is 2. The van der Waals surface area contributed by atoms with E-state index in [1.807, 2.05) is 30.6 Å². The number of pyridine rings is 2. The van der Waals surface area contributed by atoms with E-state index < -0.39 is 0 Å². The Bertz CT molecular complexity index is 2090. The van der Waals surface area contributed by atoms with Crippen molar-refractivity contribution in [1.29, 1.82) is 0 Å². The number of fused-ring (bicyclic) bond motifs is 4. The van der Waals surface area contributed by atoms with E-state index in [2.05, 4.69) is 145 Å². The standard InChI is InChI=1S/C42H32N6O2/c1-49-41-26-42(50-2)40(48-37-21-9-5-17-33(37)46(30-14-12-24-44-28-30)34-18-6-10-22-38(34)48)25-39(41)47-35-19-7-3-15-31(35)45(29-13-11-23-43-27-29)32-16-4-8-20-36(32)47/h3-28H,1-2H3. The van der Waals surface area contributed by atoms with Crippen LogP contribution >= 0.6 is 0 Å². The Balaban J connectivity index is 1.29. The smallest absolute Gasteiger partial charge is 0.146 e. The van der Waals surface area contributed by atoms with Crippen LogP contribution in [0.25, 0.3) is 0 Å². The van der Waals surface area contributed by atoms with Gasteiger partial charge >= 0.3 is 0 Å². The van der Waals surface area contributed by atoms with E-state index in [0.717, 1.165) is 68.2 Å². The lowest BCUT2D eigenvalue weighted by atomic mass is 10.0. The molecule has 0 atom stereocenters. The summed E-state index contributed by atoms with van der Waals surface area (Å²) in [6.45, 7) is 0. The van der Waals surface area contributed by atoms with Gasteiger partial charge in [0.2, 0.25) is 0 Å². The molecule has 2 aromatic heterocycles. The second kappa shape index (κ2) is 12.0. The number of methoxy groups -OCH3 is 2. The van der Waals surface area contributed by atoms with E-state index in [-0.39, 0.29) is 0 Å². The van der Waals surface area contributed by atoms with Gasteiger partial charge in [0.1, 0.15) is 11.5 Å². The molecule has 5 aromatic carbocycles. The van der Waals surface area contributed by atoms with Crippen LogP contribution in [0.5, 0.6) is 11.5 Å². The Morgan fingerprint density at radius 3 is 0.960 bits per heavy atom. The predicted octanol–water partition coefficient (Wildman–Crippen LogP) is 11.0. The van der Waals surface area contributed by atoms with Crippen molar-refractivity contribution in [2.24, 2.45) is 0 Å². The largest absolute Gasteiger partial charge is 0.494 e. The van der Waals surface area contributed by atoms with Crippen molar-refractivity contribution < 1.29 is 9.47 Å². The first-order valence-electron chi connectivity index (χ1n) is 16.4. The molecule has 50 heavy (non-hydrogen) atoms. The minimum atomic E-state index is 0.681. The molecule has 7 aromatic rings. The first-order valence-corrected chi connectivity index (χ1v) is 16.4. The summed E-state index contributed by atoms with van der Waals surface area (Å²) in [7, 11) is 3.41. The molecule has 0 N–H and O–H groups in total. The fourth-order valence-electron chi connectivity index (χ4n) is 7.15. The number of hydrogen-bond donors (Lipinski definition) is 0. The highest BCUT2D eigenvalue weighted by Crippen LogP contribution is 2.59. The first-order chi connectivity index (χ1) is 24.8. The highest BCUT2D eigenvalue weighted by Gasteiger charge is 2.35. The molecular weight excluding hydrogens is 621 g/mol. The number of anilines is 12. The molecular formula is C42H32N6O2. The van der Waals surface area contributed by atoms with Gasteiger partial charge in [-0.1, -0.05) is 48.5 Å². The molecule has 0 unspecified atom stereocenters. The number of nitrogens with zero attached hydrogens (tertiary/aromatic N) is 6. The van der Waals surface area contributed by atoms with E-state index in [9.17, 15) is 0 Å². The molecule has 0 saturated carbocycles. The minimum Gasteiger partial charge on any atom is -0.494 e. The normalized spacial score (nSPS) is 12.8. The summed E-state index contributed by atoms with van der Waals surface area (Å²) < 4.78 is 12.3. The lowest BCUT2D eigenvalue weighted by molar-refractivity contribution is 0.396. The van der Waals surface area contributed by atoms with E-state index in [4.69, 9.17) is 9.47 Å². The van der Waals surface area contributed by atoms with Gasteiger partial charge in [-0.25, -0.2) is 0 Å². The van der Waals surface area contributed by atoms with Crippen LogP contribution in [0, 0.1) is 0 Å². The monoisotopic (exact) mass is 652 g/mol. The summed E-state index contributed by atoms with van der Waals surface area (Å²) in [5.41, 5.74) is 11.8. The number of benzene rings is 5. The summed E-state index contributed by atoms with van der Waals surface area (Å²) in [4.78, 5) is 18.0. The fourth-order valence-corrected chi connectivity index (χ4v) is 7.15. The van der Waals surface area contributed by atoms with Crippen LogP contribution in [0.15, 0.2) is 158 Å². The summed E-state index contributed by atoms with van der Waals surface area (Å²) in [5, 5.41) is 0. The van der Waals surface area contributed by atoms with E-state index >= 15 is 0 Å². The quantitative estimate of drug-likeness (QED) is 0.176. The summed E-state index contributed by atoms with van der Waals surface area (Å²) in [6.07, 6.45) is 7.40. The zero-order valence-corrected chi connectivity index (χ0v) is 27.5.